The SMILES string of the molecule is COc1c(F)cccc1Nc1c(-c2ccncc2C#CC2(C)COC2)[nH]c2c1C(=O)NCC2. The molecule has 0 atom stereocenters. The van der Waals surface area contributed by atoms with E-state index in [1.165, 1.54) is 13.2 Å². The monoisotopic (exact) mass is 446 g/mol. The molecule has 0 unspecified atom stereocenters. The number of para-hydroxylation sites is 1. The van der Waals surface area contributed by atoms with E-state index in [9.17, 15) is 9.18 Å². The summed E-state index contributed by atoms with van der Waals surface area (Å²) in [4.78, 5) is 20.5. The molecule has 7 nitrogen and oxygen atoms in total. The van der Waals surface area contributed by atoms with Crippen LogP contribution in [0.3, 0.4) is 0 Å². The van der Waals surface area contributed by atoms with Crippen LogP contribution in [0.5, 0.6) is 5.75 Å². The van der Waals surface area contributed by atoms with E-state index in [-0.39, 0.29) is 17.1 Å². The highest BCUT2D eigenvalue weighted by Crippen LogP contribution is 2.40. The van der Waals surface area contributed by atoms with E-state index in [0.717, 1.165) is 16.8 Å². The Labute approximate surface area is 190 Å². The number of nitrogens with zero attached hydrogens (tertiary/aromatic N) is 1. The number of amides is 1. The van der Waals surface area contributed by atoms with Crippen LogP contribution in [0.25, 0.3) is 11.3 Å². The lowest BCUT2D eigenvalue weighted by molar-refractivity contribution is -0.0648. The summed E-state index contributed by atoms with van der Waals surface area (Å²) in [5.41, 5.74) is 4.28. The molecule has 8 heteroatoms. The first-order valence-electron chi connectivity index (χ1n) is 10.7. The Hall–Kier alpha value is -3.83. The topological polar surface area (TPSA) is 88.3 Å². The molecule has 1 aromatic carbocycles. The van der Waals surface area contributed by atoms with Gasteiger partial charge in [0.15, 0.2) is 11.6 Å². The third kappa shape index (κ3) is 3.81. The summed E-state index contributed by atoms with van der Waals surface area (Å²) in [5.74, 6) is 5.91. The molecule has 1 saturated heterocycles. The van der Waals surface area contributed by atoms with Crippen LogP contribution in [0.15, 0.2) is 36.7 Å². The standard InChI is InChI=1S/C25H23FN4O3/c1-25(13-33-14-25)9-6-15-12-27-10-7-16(15)21-22(20-18(29-21)8-11-28-24(20)31)30-19-5-3-4-17(26)23(19)32-2/h3-5,7,10,12,29-30H,8,11,13-14H2,1-2H3,(H,28,31). The molecule has 3 aromatic rings. The fourth-order valence-electron chi connectivity index (χ4n) is 4.07. The van der Waals surface area contributed by atoms with E-state index in [0.29, 0.717) is 48.8 Å². The van der Waals surface area contributed by atoms with Crippen molar-refractivity contribution in [2.75, 3.05) is 32.2 Å². The van der Waals surface area contributed by atoms with Crippen LogP contribution in [0, 0.1) is 23.1 Å². The summed E-state index contributed by atoms with van der Waals surface area (Å²) in [6, 6.07) is 6.47. The van der Waals surface area contributed by atoms with Gasteiger partial charge in [0.05, 0.1) is 53.9 Å². The summed E-state index contributed by atoms with van der Waals surface area (Å²) in [6.45, 7) is 3.79. The first kappa shape index (κ1) is 21.0. The highest BCUT2D eigenvalue weighted by atomic mass is 19.1. The number of anilines is 2. The lowest BCUT2D eigenvalue weighted by Crippen LogP contribution is -2.38. The normalized spacial score (nSPS) is 16.0. The van der Waals surface area contributed by atoms with Crippen LogP contribution in [-0.2, 0) is 11.2 Å². The summed E-state index contributed by atoms with van der Waals surface area (Å²) >= 11 is 0. The largest absolute Gasteiger partial charge is 0.492 e. The lowest BCUT2D eigenvalue weighted by atomic mass is 9.89. The number of fused-ring (bicyclic) bond motifs is 1. The summed E-state index contributed by atoms with van der Waals surface area (Å²) in [5, 5.41) is 6.13. The molecule has 3 N–H and O–H groups in total. The predicted molar refractivity (Wildman–Crippen MR) is 122 cm³/mol. The average Bonchev–Trinajstić information content (AvgIpc) is 3.16. The molecular weight excluding hydrogens is 423 g/mol. The molecule has 5 rings (SSSR count). The number of halogens is 1. The van der Waals surface area contributed by atoms with Crippen LogP contribution in [-0.4, -0.2) is 42.7 Å². The van der Waals surface area contributed by atoms with Gasteiger partial charge in [0.2, 0.25) is 0 Å². The molecule has 0 radical (unpaired) electrons. The zero-order chi connectivity index (χ0) is 23.0. The maximum absolute atomic E-state index is 14.3. The third-order valence-electron chi connectivity index (χ3n) is 5.83. The van der Waals surface area contributed by atoms with E-state index in [2.05, 4.69) is 39.4 Å². The van der Waals surface area contributed by atoms with Crippen molar-refractivity contribution in [2.45, 2.75) is 13.3 Å². The number of H-pyrrole nitrogens is 1. The molecule has 2 aromatic heterocycles. The van der Waals surface area contributed by atoms with Gasteiger partial charge < -0.3 is 25.1 Å². The van der Waals surface area contributed by atoms with Crippen molar-refractivity contribution in [3.63, 3.8) is 0 Å². The molecule has 2 aliphatic heterocycles. The second-order valence-corrected chi connectivity index (χ2v) is 8.40. The number of rotatable bonds is 4. The number of pyridine rings is 1. The number of carbonyl (C=O) groups is 1. The molecular formula is C25H23FN4O3. The smallest absolute Gasteiger partial charge is 0.255 e. The second kappa shape index (κ2) is 8.26. The maximum atomic E-state index is 14.3. The van der Waals surface area contributed by atoms with Gasteiger partial charge in [0.1, 0.15) is 0 Å². The van der Waals surface area contributed by atoms with Gasteiger partial charge in [-0.1, -0.05) is 17.9 Å². The van der Waals surface area contributed by atoms with Crippen LogP contribution in [0.4, 0.5) is 15.8 Å². The van der Waals surface area contributed by atoms with Gasteiger partial charge in [-0.25, -0.2) is 4.39 Å². The molecule has 33 heavy (non-hydrogen) atoms. The predicted octanol–water partition coefficient (Wildman–Crippen LogP) is 3.64. The van der Waals surface area contributed by atoms with Crippen LogP contribution < -0.4 is 15.4 Å². The first-order valence-corrected chi connectivity index (χ1v) is 10.7. The Morgan fingerprint density at radius 3 is 2.91 bits per heavy atom. The van der Waals surface area contributed by atoms with E-state index in [4.69, 9.17) is 9.47 Å². The summed E-state index contributed by atoms with van der Waals surface area (Å²) < 4.78 is 24.9. The average molecular weight is 446 g/mol. The molecule has 2 aliphatic rings. The Balaban J connectivity index is 1.66. The van der Waals surface area contributed by atoms with Gasteiger partial charge in [0, 0.05) is 36.6 Å². The van der Waals surface area contributed by atoms with Crippen molar-refractivity contribution in [2.24, 2.45) is 5.41 Å². The van der Waals surface area contributed by atoms with Crippen LogP contribution in [0.1, 0.15) is 28.5 Å². The van der Waals surface area contributed by atoms with Crippen LogP contribution in [0.2, 0.25) is 0 Å². The number of aromatic amines is 1. The number of benzene rings is 1. The highest BCUT2D eigenvalue weighted by Gasteiger charge is 2.31. The molecule has 0 saturated carbocycles. The Bertz CT molecular complexity index is 1300. The van der Waals surface area contributed by atoms with Crippen molar-refractivity contribution in [1.29, 1.82) is 0 Å². The van der Waals surface area contributed by atoms with Crippen molar-refractivity contribution >= 4 is 17.3 Å². The minimum atomic E-state index is -0.496. The number of hydrogen-bond donors (Lipinski definition) is 3. The number of hydrogen-bond acceptors (Lipinski definition) is 5. The fraction of sp³-hybridized carbons (Fsp3) is 0.280. The quantitative estimate of drug-likeness (QED) is 0.533. The highest BCUT2D eigenvalue weighted by molar-refractivity contribution is 6.06. The first-order chi connectivity index (χ1) is 16.0. The van der Waals surface area contributed by atoms with Crippen molar-refractivity contribution in [3.05, 3.63) is 59.3 Å². The molecule has 0 aliphatic carbocycles. The zero-order valence-corrected chi connectivity index (χ0v) is 18.3. The Morgan fingerprint density at radius 1 is 1.30 bits per heavy atom. The molecule has 1 amide bonds. The van der Waals surface area contributed by atoms with Gasteiger partial charge in [-0.15, -0.1) is 0 Å². The van der Waals surface area contributed by atoms with E-state index >= 15 is 0 Å². The summed E-state index contributed by atoms with van der Waals surface area (Å²) in [6.07, 6.45) is 4.04. The van der Waals surface area contributed by atoms with Crippen molar-refractivity contribution in [3.8, 4) is 28.8 Å². The lowest BCUT2D eigenvalue weighted by Gasteiger charge is -2.32. The summed E-state index contributed by atoms with van der Waals surface area (Å²) in [7, 11) is 1.41. The Kier molecular flexibility index (Phi) is 5.27. The molecule has 0 bridgehead atoms. The molecule has 1 fully saturated rings. The minimum Gasteiger partial charge on any atom is -0.492 e. The molecule has 168 valence electrons. The fourth-order valence-corrected chi connectivity index (χ4v) is 4.07. The minimum absolute atomic E-state index is 0.0715. The van der Waals surface area contributed by atoms with Crippen molar-refractivity contribution < 1.29 is 18.7 Å². The maximum Gasteiger partial charge on any atom is 0.255 e. The number of methoxy groups -OCH3 is 1. The van der Waals surface area contributed by atoms with Gasteiger partial charge in [-0.3, -0.25) is 9.78 Å². The van der Waals surface area contributed by atoms with Crippen molar-refractivity contribution in [1.82, 2.24) is 15.3 Å². The van der Waals surface area contributed by atoms with Crippen LogP contribution >= 0.6 is 0 Å². The number of ether oxygens (including phenoxy) is 2. The molecule has 4 heterocycles. The van der Waals surface area contributed by atoms with Gasteiger partial charge in [-0.2, -0.15) is 0 Å². The third-order valence-corrected chi connectivity index (χ3v) is 5.83. The van der Waals surface area contributed by atoms with Gasteiger partial charge in [0.25, 0.3) is 5.91 Å². The van der Waals surface area contributed by atoms with E-state index in [1.54, 1.807) is 24.5 Å². The Morgan fingerprint density at radius 2 is 2.15 bits per heavy atom. The number of aromatic nitrogens is 2. The number of nitrogens with one attached hydrogen (secondary N) is 3. The second-order valence-electron chi connectivity index (χ2n) is 8.40. The zero-order valence-electron chi connectivity index (χ0n) is 18.3. The van der Waals surface area contributed by atoms with E-state index < -0.39 is 5.82 Å². The van der Waals surface area contributed by atoms with Gasteiger partial charge >= 0.3 is 0 Å². The van der Waals surface area contributed by atoms with E-state index in [1.807, 2.05) is 6.07 Å². The number of carbonyl (C=O) groups excluding carboxylic acids is 1. The molecule has 0 spiro atoms. The van der Waals surface area contributed by atoms with Gasteiger partial charge in [-0.05, 0) is 25.1 Å².